The van der Waals surface area contributed by atoms with E-state index >= 15 is 0 Å². The van der Waals surface area contributed by atoms with Crippen LogP contribution in [0.25, 0.3) is 11.0 Å². The van der Waals surface area contributed by atoms with Crippen molar-refractivity contribution >= 4 is 38.4 Å². The maximum absolute atomic E-state index is 12.4. The number of anilines is 1. The molecular formula is C15H10BrNO2. The molecule has 3 aromatic rings. The van der Waals surface area contributed by atoms with Crippen LogP contribution in [0.3, 0.4) is 0 Å². The number of hydrogen-bond donors (Lipinski definition) is 1. The van der Waals surface area contributed by atoms with E-state index in [2.05, 4.69) is 15.9 Å². The molecule has 0 radical (unpaired) electrons. The van der Waals surface area contributed by atoms with Crippen LogP contribution in [-0.4, -0.2) is 5.78 Å². The number of carbonyl (C=O) groups excluding carboxylic acids is 1. The predicted molar refractivity (Wildman–Crippen MR) is 78.2 cm³/mol. The minimum Gasteiger partial charge on any atom is -0.453 e. The second-order valence-corrected chi connectivity index (χ2v) is 5.12. The molecule has 0 bridgehead atoms. The Kier molecular flexibility index (Phi) is 2.87. The number of nitrogen functional groups attached to an aromatic ring is 1. The van der Waals surface area contributed by atoms with Crippen LogP contribution in [-0.2, 0) is 0 Å². The van der Waals surface area contributed by atoms with E-state index in [0.29, 0.717) is 22.6 Å². The van der Waals surface area contributed by atoms with E-state index < -0.39 is 0 Å². The Morgan fingerprint density at radius 3 is 2.68 bits per heavy atom. The smallest absolute Gasteiger partial charge is 0.230 e. The zero-order chi connectivity index (χ0) is 13.4. The number of halogens is 1. The Morgan fingerprint density at radius 1 is 1.11 bits per heavy atom. The van der Waals surface area contributed by atoms with Crippen molar-refractivity contribution < 1.29 is 9.21 Å². The number of benzene rings is 2. The Morgan fingerprint density at radius 2 is 1.89 bits per heavy atom. The number of nitrogens with two attached hydrogens (primary N) is 1. The van der Waals surface area contributed by atoms with Gasteiger partial charge in [-0.2, -0.15) is 0 Å². The number of fused-ring (bicyclic) bond motifs is 1. The largest absolute Gasteiger partial charge is 0.453 e. The highest BCUT2D eigenvalue weighted by molar-refractivity contribution is 9.10. The SMILES string of the molecule is Nc1ccc(Br)cc1C(=O)c1cc2ccccc2o1. The molecule has 0 fully saturated rings. The number of carbonyl (C=O) groups is 1. The van der Waals surface area contributed by atoms with Crippen LogP contribution in [0.15, 0.2) is 57.4 Å². The predicted octanol–water partition coefficient (Wildman–Crippen LogP) is 4.01. The molecule has 2 N–H and O–H groups in total. The third-order valence-corrected chi connectivity index (χ3v) is 3.40. The van der Waals surface area contributed by atoms with Gasteiger partial charge in [-0.1, -0.05) is 34.1 Å². The van der Waals surface area contributed by atoms with Gasteiger partial charge in [0.1, 0.15) is 5.58 Å². The topological polar surface area (TPSA) is 56.2 Å². The van der Waals surface area contributed by atoms with Crippen molar-refractivity contribution in [2.75, 3.05) is 5.73 Å². The first-order valence-electron chi connectivity index (χ1n) is 5.73. The fourth-order valence-electron chi connectivity index (χ4n) is 1.95. The highest BCUT2D eigenvalue weighted by Gasteiger charge is 2.17. The summed E-state index contributed by atoms with van der Waals surface area (Å²) in [7, 11) is 0. The molecule has 94 valence electrons. The maximum atomic E-state index is 12.4. The summed E-state index contributed by atoms with van der Waals surface area (Å²) < 4.78 is 6.37. The first-order valence-corrected chi connectivity index (χ1v) is 6.53. The molecule has 4 heteroatoms. The molecule has 0 saturated heterocycles. The highest BCUT2D eigenvalue weighted by atomic mass is 79.9. The molecule has 2 aromatic carbocycles. The minimum atomic E-state index is -0.213. The fourth-order valence-corrected chi connectivity index (χ4v) is 2.31. The van der Waals surface area contributed by atoms with Crippen LogP contribution in [0.4, 0.5) is 5.69 Å². The van der Waals surface area contributed by atoms with Crippen LogP contribution in [0.5, 0.6) is 0 Å². The average molecular weight is 316 g/mol. The Hall–Kier alpha value is -2.07. The van der Waals surface area contributed by atoms with E-state index in [4.69, 9.17) is 10.2 Å². The first kappa shape index (κ1) is 12.0. The summed E-state index contributed by atoms with van der Waals surface area (Å²) in [6.45, 7) is 0. The summed E-state index contributed by atoms with van der Waals surface area (Å²) in [4.78, 5) is 12.4. The molecule has 0 saturated carbocycles. The summed E-state index contributed by atoms with van der Waals surface area (Å²) in [5.41, 5.74) is 7.41. The zero-order valence-electron chi connectivity index (χ0n) is 9.89. The van der Waals surface area contributed by atoms with Gasteiger partial charge in [-0.15, -0.1) is 0 Å². The van der Waals surface area contributed by atoms with Gasteiger partial charge in [0.15, 0.2) is 5.76 Å². The second-order valence-electron chi connectivity index (χ2n) is 4.21. The van der Waals surface area contributed by atoms with Crippen LogP contribution >= 0.6 is 15.9 Å². The van der Waals surface area contributed by atoms with Crippen molar-refractivity contribution in [1.29, 1.82) is 0 Å². The number of para-hydroxylation sites is 1. The summed E-state index contributed by atoms with van der Waals surface area (Å²) >= 11 is 3.33. The molecule has 0 aliphatic heterocycles. The second kappa shape index (κ2) is 4.55. The molecule has 19 heavy (non-hydrogen) atoms. The Bertz CT molecular complexity index is 744. The molecule has 0 amide bonds. The first-order chi connectivity index (χ1) is 9.15. The molecular weight excluding hydrogens is 306 g/mol. The normalized spacial score (nSPS) is 10.8. The summed E-state index contributed by atoms with van der Waals surface area (Å²) in [5, 5.41) is 0.902. The van der Waals surface area contributed by atoms with E-state index in [-0.39, 0.29) is 5.78 Å². The van der Waals surface area contributed by atoms with Gasteiger partial charge >= 0.3 is 0 Å². The third-order valence-electron chi connectivity index (χ3n) is 2.91. The van der Waals surface area contributed by atoms with Crippen molar-refractivity contribution in [3.63, 3.8) is 0 Å². The zero-order valence-corrected chi connectivity index (χ0v) is 11.5. The van der Waals surface area contributed by atoms with Crippen molar-refractivity contribution in [1.82, 2.24) is 0 Å². The number of hydrogen-bond acceptors (Lipinski definition) is 3. The lowest BCUT2D eigenvalue weighted by Crippen LogP contribution is -2.04. The monoisotopic (exact) mass is 315 g/mol. The van der Waals surface area contributed by atoms with Crippen molar-refractivity contribution in [3.05, 3.63) is 64.3 Å². The molecule has 3 nitrogen and oxygen atoms in total. The van der Waals surface area contributed by atoms with Gasteiger partial charge < -0.3 is 10.2 Å². The molecule has 0 spiro atoms. The van der Waals surface area contributed by atoms with Gasteiger partial charge in [-0.25, -0.2) is 0 Å². The highest BCUT2D eigenvalue weighted by Crippen LogP contribution is 2.25. The van der Waals surface area contributed by atoms with Crippen LogP contribution in [0.1, 0.15) is 16.1 Å². The fraction of sp³-hybridized carbons (Fsp3) is 0. The van der Waals surface area contributed by atoms with Gasteiger partial charge in [-0.05, 0) is 30.3 Å². The number of rotatable bonds is 2. The van der Waals surface area contributed by atoms with E-state index in [1.807, 2.05) is 24.3 Å². The molecule has 1 aromatic heterocycles. The van der Waals surface area contributed by atoms with Crippen LogP contribution in [0, 0.1) is 0 Å². The maximum Gasteiger partial charge on any atom is 0.230 e. The van der Waals surface area contributed by atoms with Crippen molar-refractivity contribution in [2.45, 2.75) is 0 Å². The van der Waals surface area contributed by atoms with Crippen molar-refractivity contribution in [3.8, 4) is 0 Å². The lowest BCUT2D eigenvalue weighted by molar-refractivity contribution is 0.101. The summed E-state index contributed by atoms with van der Waals surface area (Å²) in [6, 6.07) is 14.4. The Labute approximate surface area is 118 Å². The summed E-state index contributed by atoms with van der Waals surface area (Å²) in [5.74, 6) is 0.0843. The molecule has 0 aliphatic rings. The van der Waals surface area contributed by atoms with Gasteiger partial charge in [0.2, 0.25) is 5.78 Å². The quantitative estimate of drug-likeness (QED) is 0.574. The van der Waals surface area contributed by atoms with E-state index in [1.165, 1.54) is 0 Å². The van der Waals surface area contributed by atoms with Gasteiger partial charge in [-0.3, -0.25) is 4.79 Å². The van der Waals surface area contributed by atoms with E-state index in [9.17, 15) is 4.79 Å². The minimum absolute atomic E-state index is 0.213. The molecule has 0 unspecified atom stereocenters. The molecule has 0 aliphatic carbocycles. The van der Waals surface area contributed by atoms with E-state index in [0.717, 1.165) is 9.86 Å². The number of furan rings is 1. The lowest BCUT2D eigenvalue weighted by atomic mass is 10.1. The summed E-state index contributed by atoms with van der Waals surface area (Å²) in [6.07, 6.45) is 0. The van der Waals surface area contributed by atoms with Crippen LogP contribution < -0.4 is 5.73 Å². The Balaban J connectivity index is 2.10. The molecule has 0 atom stereocenters. The lowest BCUT2D eigenvalue weighted by Gasteiger charge is -2.03. The van der Waals surface area contributed by atoms with Gasteiger partial charge in [0.05, 0.1) is 0 Å². The van der Waals surface area contributed by atoms with Crippen LogP contribution in [0.2, 0.25) is 0 Å². The van der Waals surface area contributed by atoms with Gasteiger partial charge in [0, 0.05) is 21.1 Å². The average Bonchev–Trinajstić information content (AvgIpc) is 2.84. The standard InChI is InChI=1S/C15H10BrNO2/c16-10-5-6-12(17)11(8-10)15(18)14-7-9-3-1-2-4-13(9)19-14/h1-8H,17H2. The molecule has 1 heterocycles. The van der Waals surface area contributed by atoms with E-state index in [1.54, 1.807) is 24.3 Å². The van der Waals surface area contributed by atoms with Gasteiger partial charge in [0.25, 0.3) is 0 Å². The molecule has 3 rings (SSSR count). The number of ketones is 1. The van der Waals surface area contributed by atoms with Crippen molar-refractivity contribution in [2.24, 2.45) is 0 Å². The third kappa shape index (κ3) is 2.15.